The van der Waals surface area contributed by atoms with Crippen LogP contribution in [0.1, 0.15) is 11.1 Å². The molecule has 0 saturated carbocycles. The number of halogens is 3. The van der Waals surface area contributed by atoms with Crippen LogP contribution >= 0.6 is 43.5 Å². The van der Waals surface area contributed by atoms with Gasteiger partial charge in [0.1, 0.15) is 0 Å². The minimum Gasteiger partial charge on any atom is -0.380 e. The first-order valence-corrected chi connectivity index (χ1v) is 8.29. The smallest absolute Gasteiger partial charge is 0.228 e. The van der Waals surface area contributed by atoms with Gasteiger partial charge in [-0.05, 0) is 67.3 Å². The lowest BCUT2D eigenvalue weighted by molar-refractivity contribution is -0.115. The Morgan fingerprint density at radius 1 is 1.19 bits per heavy atom. The van der Waals surface area contributed by atoms with Gasteiger partial charge in [0.05, 0.1) is 17.1 Å². The first kappa shape index (κ1) is 14.9. The summed E-state index contributed by atoms with van der Waals surface area (Å²) >= 11 is 13.2. The molecule has 0 spiro atoms. The first-order valence-electron chi connectivity index (χ1n) is 6.33. The summed E-state index contributed by atoms with van der Waals surface area (Å²) < 4.78 is 2.03. The summed E-state index contributed by atoms with van der Waals surface area (Å²) in [5, 5.41) is 6.71. The molecule has 108 valence electrons. The molecule has 0 aliphatic carbocycles. The number of amides is 1. The van der Waals surface area contributed by atoms with E-state index in [4.69, 9.17) is 11.6 Å². The monoisotopic (exact) mass is 428 g/mol. The van der Waals surface area contributed by atoms with Crippen LogP contribution in [-0.4, -0.2) is 5.91 Å². The third-order valence-electron chi connectivity index (χ3n) is 3.28. The van der Waals surface area contributed by atoms with Gasteiger partial charge in [0.2, 0.25) is 5.91 Å². The molecule has 2 N–H and O–H groups in total. The average molecular weight is 431 g/mol. The summed E-state index contributed by atoms with van der Waals surface area (Å²) in [4.78, 5) is 11.4. The molecule has 2 aromatic rings. The van der Waals surface area contributed by atoms with Gasteiger partial charge in [-0.25, -0.2) is 0 Å². The first-order chi connectivity index (χ1) is 10.0. The van der Waals surface area contributed by atoms with E-state index in [2.05, 4.69) is 42.5 Å². The number of carbonyl (C=O) groups excluding carboxylic acids is 1. The highest BCUT2D eigenvalue weighted by Crippen LogP contribution is 2.33. The predicted octanol–water partition coefficient (Wildman–Crippen LogP) is 4.97. The highest BCUT2D eigenvalue weighted by molar-refractivity contribution is 9.13. The van der Waals surface area contributed by atoms with Crippen molar-refractivity contribution in [2.45, 2.75) is 13.0 Å². The lowest BCUT2D eigenvalue weighted by Crippen LogP contribution is -2.03. The fraction of sp³-hybridized carbons (Fsp3) is 0.133. The van der Waals surface area contributed by atoms with E-state index in [1.807, 2.05) is 24.3 Å². The Labute approximate surface area is 144 Å². The quantitative estimate of drug-likeness (QED) is 0.722. The minimum absolute atomic E-state index is 0.00931. The normalized spacial score (nSPS) is 13.0. The van der Waals surface area contributed by atoms with Crippen LogP contribution in [0.15, 0.2) is 39.3 Å². The van der Waals surface area contributed by atoms with Gasteiger partial charge in [0, 0.05) is 21.2 Å². The second-order valence-corrected chi connectivity index (χ2v) is 6.93. The van der Waals surface area contributed by atoms with Crippen molar-refractivity contribution < 1.29 is 4.79 Å². The van der Waals surface area contributed by atoms with Crippen LogP contribution < -0.4 is 10.6 Å². The van der Waals surface area contributed by atoms with E-state index >= 15 is 0 Å². The van der Waals surface area contributed by atoms with Crippen LogP contribution in [-0.2, 0) is 17.8 Å². The Hall–Kier alpha value is -1.04. The molecular formula is C15H11Br2ClN2O. The van der Waals surface area contributed by atoms with Gasteiger partial charge in [-0.2, -0.15) is 0 Å². The van der Waals surface area contributed by atoms with Gasteiger partial charge in [-0.3, -0.25) is 4.79 Å². The molecule has 0 fully saturated rings. The van der Waals surface area contributed by atoms with E-state index in [0.29, 0.717) is 18.0 Å². The second-order valence-electron chi connectivity index (χ2n) is 4.82. The SMILES string of the molecule is O=C1Cc2cc(NCc3ccc(Br)c(Br)c3)c(Cl)cc2N1. The van der Waals surface area contributed by atoms with Crippen LogP contribution in [0.4, 0.5) is 11.4 Å². The molecule has 0 aromatic heterocycles. The van der Waals surface area contributed by atoms with Gasteiger partial charge in [-0.1, -0.05) is 17.7 Å². The number of rotatable bonds is 3. The van der Waals surface area contributed by atoms with Gasteiger partial charge >= 0.3 is 0 Å². The van der Waals surface area contributed by atoms with E-state index in [1.165, 1.54) is 0 Å². The van der Waals surface area contributed by atoms with E-state index in [9.17, 15) is 4.79 Å². The number of fused-ring (bicyclic) bond motifs is 1. The fourth-order valence-corrected chi connectivity index (χ4v) is 3.13. The van der Waals surface area contributed by atoms with E-state index in [1.54, 1.807) is 6.07 Å². The van der Waals surface area contributed by atoms with Crippen molar-refractivity contribution in [3.8, 4) is 0 Å². The zero-order chi connectivity index (χ0) is 15.0. The summed E-state index contributed by atoms with van der Waals surface area (Å²) in [6.45, 7) is 0.658. The third kappa shape index (κ3) is 3.25. The van der Waals surface area contributed by atoms with Crippen LogP contribution in [0.3, 0.4) is 0 Å². The third-order valence-corrected chi connectivity index (χ3v) is 5.48. The fourth-order valence-electron chi connectivity index (χ4n) is 2.23. The number of hydrogen-bond donors (Lipinski definition) is 2. The number of anilines is 2. The Morgan fingerprint density at radius 2 is 2.00 bits per heavy atom. The Balaban J connectivity index is 1.78. The maximum absolute atomic E-state index is 11.4. The number of benzene rings is 2. The molecule has 1 aliphatic heterocycles. The predicted molar refractivity (Wildman–Crippen MR) is 93.0 cm³/mol. The molecule has 6 heteroatoms. The molecule has 21 heavy (non-hydrogen) atoms. The van der Waals surface area contributed by atoms with Crippen molar-refractivity contribution in [2.24, 2.45) is 0 Å². The molecular weight excluding hydrogens is 419 g/mol. The van der Waals surface area contributed by atoms with Gasteiger partial charge in [0.25, 0.3) is 0 Å². The molecule has 0 saturated heterocycles. The Morgan fingerprint density at radius 3 is 2.76 bits per heavy atom. The Kier molecular flexibility index (Phi) is 4.24. The number of hydrogen-bond acceptors (Lipinski definition) is 2. The topological polar surface area (TPSA) is 41.1 Å². The molecule has 3 rings (SSSR count). The van der Waals surface area contributed by atoms with Crippen molar-refractivity contribution in [2.75, 3.05) is 10.6 Å². The van der Waals surface area contributed by atoms with Crippen LogP contribution in [0.25, 0.3) is 0 Å². The lowest BCUT2D eigenvalue weighted by atomic mass is 10.1. The van der Waals surface area contributed by atoms with Crippen molar-refractivity contribution in [1.82, 2.24) is 0 Å². The number of nitrogens with one attached hydrogen (secondary N) is 2. The maximum atomic E-state index is 11.4. The molecule has 0 bridgehead atoms. The van der Waals surface area contributed by atoms with Crippen molar-refractivity contribution in [3.05, 3.63) is 55.4 Å². The summed E-state index contributed by atoms with van der Waals surface area (Å²) in [6.07, 6.45) is 0.408. The molecule has 0 radical (unpaired) electrons. The van der Waals surface area contributed by atoms with Crippen LogP contribution in [0, 0.1) is 0 Å². The average Bonchev–Trinajstić information content (AvgIpc) is 2.79. The second kappa shape index (κ2) is 5.99. The zero-order valence-corrected chi connectivity index (χ0v) is 14.8. The molecule has 0 unspecified atom stereocenters. The van der Waals surface area contributed by atoms with E-state index in [-0.39, 0.29) is 5.91 Å². The molecule has 2 aromatic carbocycles. The Bertz CT molecular complexity index is 734. The molecule has 1 aliphatic rings. The highest BCUT2D eigenvalue weighted by Gasteiger charge is 2.19. The largest absolute Gasteiger partial charge is 0.380 e. The van der Waals surface area contributed by atoms with Gasteiger partial charge in [0.15, 0.2) is 0 Å². The van der Waals surface area contributed by atoms with Crippen LogP contribution in [0.2, 0.25) is 5.02 Å². The van der Waals surface area contributed by atoms with Crippen LogP contribution in [0.5, 0.6) is 0 Å². The summed E-state index contributed by atoms with van der Waals surface area (Å²) in [5.41, 5.74) is 3.76. The lowest BCUT2D eigenvalue weighted by Gasteiger charge is -2.11. The van der Waals surface area contributed by atoms with E-state index < -0.39 is 0 Å². The van der Waals surface area contributed by atoms with Gasteiger partial charge < -0.3 is 10.6 Å². The van der Waals surface area contributed by atoms with Crippen molar-refractivity contribution >= 4 is 60.7 Å². The summed E-state index contributed by atoms with van der Waals surface area (Å²) in [7, 11) is 0. The van der Waals surface area contributed by atoms with Gasteiger partial charge in [-0.15, -0.1) is 0 Å². The standard InChI is InChI=1S/C15H11Br2ClN2O/c16-10-2-1-8(3-11(10)17)7-19-14-4-9-5-15(21)20-13(9)6-12(14)18/h1-4,6,19H,5,7H2,(H,20,21). The van der Waals surface area contributed by atoms with E-state index in [0.717, 1.165) is 31.4 Å². The maximum Gasteiger partial charge on any atom is 0.228 e. The van der Waals surface area contributed by atoms with Crippen molar-refractivity contribution in [3.63, 3.8) is 0 Å². The molecule has 1 amide bonds. The molecule has 1 heterocycles. The van der Waals surface area contributed by atoms with Crippen molar-refractivity contribution in [1.29, 1.82) is 0 Å². The minimum atomic E-state index is 0.00931. The zero-order valence-electron chi connectivity index (χ0n) is 10.8. The highest BCUT2D eigenvalue weighted by atomic mass is 79.9. The molecule has 0 atom stereocenters. The summed E-state index contributed by atoms with van der Waals surface area (Å²) in [5.74, 6) is 0.00931. The summed E-state index contributed by atoms with van der Waals surface area (Å²) in [6, 6.07) is 9.80. The number of carbonyl (C=O) groups is 1. The molecule has 3 nitrogen and oxygen atoms in total.